The van der Waals surface area contributed by atoms with Crippen LogP contribution in [0.15, 0.2) is 0 Å². The van der Waals surface area contributed by atoms with Crippen LogP contribution in [-0.4, -0.2) is 64.3 Å². The zero-order chi connectivity index (χ0) is 13.2. The van der Waals surface area contributed by atoms with Crippen molar-refractivity contribution in [1.29, 1.82) is 0 Å². The number of aliphatic hydroxyl groups excluding tert-OH is 1. The number of nitrogens with zero attached hydrogens (tertiary/aromatic N) is 3. The van der Waals surface area contributed by atoms with Crippen molar-refractivity contribution in [2.24, 2.45) is 0 Å². The van der Waals surface area contributed by atoms with Crippen molar-refractivity contribution in [2.75, 3.05) is 24.7 Å². The minimum atomic E-state index is -2.92. The Balaban J connectivity index is 2.04. The van der Waals surface area contributed by atoms with E-state index in [0.29, 0.717) is 25.3 Å². The largest absolute Gasteiger partial charge is 0.395 e. The van der Waals surface area contributed by atoms with Gasteiger partial charge in [0.15, 0.2) is 15.7 Å². The summed E-state index contributed by atoms with van der Waals surface area (Å²) in [6.07, 6.45) is 0.617. The molecule has 2 rings (SSSR count). The molecule has 0 amide bonds. The van der Waals surface area contributed by atoms with Crippen molar-refractivity contribution in [3.05, 3.63) is 11.6 Å². The first-order valence-electron chi connectivity index (χ1n) is 5.93. The van der Waals surface area contributed by atoms with Crippen LogP contribution in [-0.2, 0) is 16.4 Å². The van der Waals surface area contributed by atoms with Gasteiger partial charge >= 0.3 is 0 Å². The Labute approximate surface area is 106 Å². The number of aromatic nitrogens is 3. The molecular weight excluding hydrogens is 256 g/mol. The van der Waals surface area contributed by atoms with Gasteiger partial charge < -0.3 is 5.11 Å². The lowest BCUT2D eigenvalue weighted by molar-refractivity contribution is 0.151. The average molecular weight is 274 g/mol. The summed E-state index contributed by atoms with van der Waals surface area (Å²) in [4.78, 5) is 6.14. The summed E-state index contributed by atoms with van der Waals surface area (Å²) < 4.78 is 23.0. The maximum absolute atomic E-state index is 11.5. The smallest absolute Gasteiger partial charge is 0.164 e. The first kappa shape index (κ1) is 13.4. The number of aliphatic hydroxyl groups is 1. The summed E-state index contributed by atoms with van der Waals surface area (Å²) in [6, 6.07) is -0.0408. The van der Waals surface area contributed by atoms with Gasteiger partial charge in [-0.1, -0.05) is 0 Å². The van der Waals surface area contributed by atoms with Crippen LogP contribution in [0.5, 0.6) is 0 Å². The normalized spacial score (nSPS) is 22.7. The van der Waals surface area contributed by atoms with Crippen LogP contribution in [0.25, 0.3) is 0 Å². The lowest BCUT2D eigenvalue weighted by atomic mass is 10.2. The first-order valence-corrected chi connectivity index (χ1v) is 7.75. The molecule has 1 aliphatic rings. The second-order valence-corrected chi connectivity index (χ2v) is 6.82. The quantitative estimate of drug-likeness (QED) is 0.721. The molecule has 1 aromatic heterocycles. The molecule has 0 spiro atoms. The highest BCUT2D eigenvalue weighted by molar-refractivity contribution is 7.91. The van der Waals surface area contributed by atoms with E-state index in [-0.39, 0.29) is 24.2 Å². The van der Waals surface area contributed by atoms with Crippen LogP contribution < -0.4 is 0 Å². The maximum atomic E-state index is 11.5. The highest BCUT2D eigenvalue weighted by atomic mass is 32.2. The van der Waals surface area contributed by atoms with E-state index in [1.807, 2.05) is 11.8 Å². The summed E-state index contributed by atoms with van der Waals surface area (Å²) in [5, 5.41) is 15.9. The molecule has 0 radical (unpaired) electrons. The molecule has 1 saturated heterocycles. The van der Waals surface area contributed by atoms with E-state index in [1.165, 1.54) is 0 Å². The molecule has 18 heavy (non-hydrogen) atoms. The zero-order valence-electron chi connectivity index (χ0n) is 10.3. The number of hydrogen-bond donors (Lipinski definition) is 2. The fourth-order valence-corrected chi connectivity index (χ4v) is 3.99. The second-order valence-electron chi connectivity index (χ2n) is 4.59. The predicted molar refractivity (Wildman–Crippen MR) is 65.7 cm³/mol. The molecule has 1 fully saturated rings. The van der Waals surface area contributed by atoms with E-state index in [2.05, 4.69) is 15.2 Å². The number of aromatic amines is 1. The van der Waals surface area contributed by atoms with Gasteiger partial charge in [0.05, 0.1) is 24.7 Å². The highest BCUT2D eigenvalue weighted by Crippen LogP contribution is 2.18. The van der Waals surface area contributed by atoms with Crippen molar-refractivity contribution in [3.8, 4) is 0 Å². The molecule has 7 nitrogen and oxygen atoms in total. The van der Waals surface area contributed by atoms with Crippen molar-refractivity contribution in [2.45, 2.75) is 25.9 Å². The Kier molecular flexibility index (Phi) is 3.98. The maximum Gasteiger partial charge on any atom is 0.164 e. The molecule has 1 unspecified atom stereocenters. The number of hydrogen-bond acceptors (Lipinski definition) is 6. The van der Waals surface area contributed by atoms with Gasteiger partial charge in [0.25, 0.3) is 0 Å². The van der Waals surface area contributed by atoms with Gasteiger partial charge in [0.1, 0.15) is 5.82 Å². The summed E-state index contributed by atoms with van der Waals surface area (Å²) >= 11 is 0. The second kappa shape index (κ2) is 5.33. The van der Waals surface area contributed by atoms with Crippen LogP contribution in [0, 0.1) is 6.92 Å². The van der Waals surface area contributed by atoms with E-state index in [9.17, 15) is 8.42 Å². The minimum absolute atomic E-state index is 0.0000470. The van der Waals surface area contributed by atoms with Crippen molar-refractivity contribution < 1.29 is 13.5 Å². The minimum Gasteiger partial charge on any atom is -0.395 e. The molecule has 0 aliphatic carbocycles. The lowest BCUT2D eigenvalue weighted by Gasteiger charge is -2.25. The Morgan fingerprint density at radius 3 is 2.83 bits per heavy atom. The van der Waals surface area contributed by atoms with Crippen LogP contribution in [0.1, 0.15) is 18.1 Å². The van der Waals surface area contributed by atoms with Gasteiger partial charge in [-0.2, -0.15) is 5.10 Å². The summed E-state index contributed by atoms with van der Waals surface area (Å²) in [5.74, 6) is 1.75. The molecule has 2 heterocycles. The third kappa shape index (κ3) is 3.27. The highest BCUT2D eigenvalue weighted by Gasteiger charge is 2.32. The Morgan fingerprint density at radius 2 is 2.33 bits per heavy atom. The third-order valence-corrected chi connectivity index (χ3v) is 4.85. The van der Waals surface area contributed by atoms with Crippen molar-refractivity contribution in [1.82, 2.24) is 20.1 Å². The molecular formula is C10H18N4O3S. The molecule has 1 aromatic rings. The van der Waals surface area contributed by atoms with Gasteiger partial charge in [-0.25, -0.2) is 13.4 Å². The molecule has 1 atom stereocenters. The fraction of sp³-hybridized carbons (Fsp3) is 0.800. The number of aryl methyl sites for hydroxylation is 1. The molecule has 0 aromatic carbocycles. The Morgan fingerprint density at radius 1 is 1.56 bits per heavy atom. The molecule has 1 aliphatic heterocycles. The van der Waals surface area contributed by atoms with Gasteiger partial charge in [-0.05, 0) is 13.3 Å². The Bertz CT molecular complexity index is 499. The predicted octanol–water partition coefficient (Wildman–Crippen LogP) is -0.905. The van der Waals surface area contributed by atoms with Gasteiger partial charge in [0.2, 0.25) is 0 Å². The molecule has 0 saturated carbocycles. The first-order chi connectivity index (χ1) is 8.50. The third-order valence-electron chi connectivity index (χ3n) is 3.10. The lowest BCUT2D eigenvalue weighted by Crippen LogP contribution is -2.38. The number of H-pyrrole nitrogens is 1. The Hall–Kier alpha value is -0.990. The van der Waals surface area contributed by atoms with Crippen LogP contribution in [0.2, 0.25) is 0 Å². The van der Waals surface area contributed by atoms with Crippen LogP contribution >= 0.6 is 0 Å². The molecule has 8 heteroatoms. The summed E-state index contributed by atoms with van der Waals surface area (Å²) in [5.41, 5.74) is 0. The summed E-state index contributed by atoms with van der Waals surface area (Å²) in [7, 11) is -2.92. The van der Waals surface area contributed by atoms with Crippen LogP contribution in [0.3, 0.4) is 0 Å². The summed E-state index contributed by atoms with van der Waals surface area (Å²) in [6.45, 7) is 2.71. The molecule has 102 valence electrons. The fourth-order valence-electron chi connectivity index (χ4n) is 2.22. The molecule has 0 bridgehead atoms. The van der Waals surface area contributed by atoms with Gasteiger partial charge in [-0.3, -0.25) is 10.00 Å². The van der Waals surface area contributed by atoms with E-state index in [0.717, 1.165) is 5.82 Å². The number of sulfone groups is 1. The van der Waals surface area contributed by atoms with E-state index in [1.54, 1.807) is 0 Å². The number of nitrogens with one attached hydrogen (secondary N) is 1. The van der Waals surface area contributed by atoms with Gasteiger partial charge in [-0.15, -0.1) is 0 Å². The monoisotopic (exact) mass is 274 g/mol. The molecule has 2 N–H and O–H groups in total. The van der Waals surface area contributed by atoms with Crippen LogP contribution in [0.4, 0.5) is 0 Å². The SMILES string of the molecule is Cc1nc(CN(CCO)C2CCS(=O)(=O)C2)n[nH]1. The zero-order valence-corrected chi connectivity index (χ0v) is 11.2. The standard InChI is InChI=1S/C10H18N4O3S/c1-8-11-10(13-12-8)6-14(3-4-15)9-2-5-18(16,17)7-9/h9,15H,2-7H2,1H3,(H,11,12,13). The van der Waals surface area contributed by atoms with Gasteiger partial charge in [0, 0.05) is 12.6 Å². The van der Waals surface area contributed by atoms with Crippen molar-refractivity contribution in [3.63, 3.8) is 0 Å². The van der Waals surface area contributed by atoms with E-state index >= 15 is 0 Å². The average Bonchev–Trinajstić information content (AvgIpc) is 2.84. The van der Waals surface area contributed by atoms with E-state index in [4.69, 9.17) is 5.11 Å². The topological polar surface area (TPSA) is 99.2 Å². The van der Waals surface area contributed by atoms with E-state index < -0.39 is 9.84 Å². The van der Waals surface area contributed by atoms with Crippen molar-refractivity contribution >= 4 is 9.84 Å². The number of rotatable bonds is 5.